The fourth-order valence-corrected chi connectivity index (χ4v) is 2.73. The zero-order chi connectivity index (χ0) is 12.5. The van der Waals surface area contributed by atoms with E-state index < -0.39 is 0 Å². The molecule has 1 saturated heterocycles. The Bertz CT molecular complexity index is 561. The number of benzene rings is 1. The Morgan fingerprint density at radius 1 is 1.44 bits per heavy atom. The number of nitrogens with zero attached hydrogens (tertiary/aromatic N) is 2. The summed E-state index contributed by atoms with van der Waals surface area (Å²) >= 11 is 3.45. The molecule has 0 spiro atoms. The van der Waals surface area contributed by atoms with Crippen LogP contribution in [0.2, 0.25) is 0 Å². The number of rotatable bonds is 2. The Kier molecular flexibility index (Phi) is 3.18. The van der Waals surface area contributed by atoms with Crippen LogP contribution in [0.5, 0.6) is 0 Å². The van der Waals surface area contributed by atoms with Gasteiger partial charge in [-0.25, -0.2) is 0 Å². The van der Waals surface area contributed by atoms with Crippen molar-refractivity contribution in [2.24, 2.45) is 0 Å². The van der Waals surface area contributed by atoms with E-state index in [4.69, 9.17) is 4.52 Å². The van der Waals surface area contributed by atoms with Gasteiger partial charge in [-0.3, -0.25) is 0 Å². The first-order valence-corrected chi connectivity index (χ1v) is 6.87. The van der Waals surface area contributed by atoms with Gasteiger partial charge in [0.2, 0.25) is 11.7 Å². The maximum absolute atomic E-state index is 5.35. The van der Waals surface area contributed by atoms with E-state index in [0.29, 0.717) is 11.7 Å². The molecule has 1 aliphatic rings. The highest BCUT2D eigenvalue weighted by Crippen LogP contribution is 2.27. The molecule has 3 rings (SSSR count). The van der Waals surface area contributed by atoms with Crippen LogP contribution in [-0.4, -0.2) is 16.7 Å². The predicted octanol–water partition coefficient (Wildman–Crippen LogP) is 3.23. The summed E-state index contributed by atoms with van der Waals surface area (Å²) in [6.07, 6.45) is 2.24. The monoisotopic (exact) mass is 307 g/mol. The zero-order valence-corrected chi connectivity index (χ0v) is 11.7. The average Bonchev–Trinajstić information content (AvgIpc) is 2.99. The van der Waals surface area contributed by atoms with Gasteiger partial charge in [-0.05, 0) is 50.1 Å². The first-order chi connectivity index (χ1) is 8.74. The van der Waals surface area contributed by atoms with E-state index >= 15 is 0 Å². The van der Waals surface area contributed by atoms with Gasteiger partial charge in [0, 0.05) is 10.0 Å². The molecule has 18 heavy (non-hydrogen) atoms. The lowest BCUT2D eigenvalue weighted by Crippen LogP contribution is -2.12. The van der Waals surface area contributed by atoms with E-state index in [9.17, 15) is 0 Å². The standard InChI is InChI=1S/C13H14BrN3O/c1-8-7-9(14)4-5-10(8)12-16-13(18-17-12)11-3-2-6-15-11/h4-5,7,11,15H,2-3,6H2,1H3/t11-/m0/s1. The highest BCUT2D eigenvalue weighted by Gasteiger charge is 2.22. The highest BCUT2D eigenvalue weighted by atomic mass is 79.9. The molecule has 0 aliphatic carbocycles. The lowest BCUT2D eigenvalue weighted by molar-refractivity contribution is 0.345. The molecule has 94 valence electrons. The Hall–Kier alpha value is -1.20. The summed E-state index contributed by atoms with van der Waals surface area (Å²) in [6.45, 7) is 3.07. The molecule has 0 unspecified atom stereocenters. The molecule has 4 nitrogen and oxygen atoms in total. The second-order valence-corrected chi connectivity index (χ2v) is 5.48. The molecule has 2 heterocycles. The average molecular weight is 308 g/mol. The molecule has 0 bridgehead atoms. The Labute approximate surface area is 114 Å². The number of hydrogen-bond donors (Lipinski definition) is 1. The Morgan fingerprint density at radius 3 is 3.06 bits per heavy atom. The quantitative estimate of drug-likeness (QED) is 0.925. The van der Waals surface area contributed by atoms with Crippen LogP contribution in [0, 0.1) is 6.92 Å². The van der Waals surface area contributed by atoms with Crippen LogP contribution in [-0.2, 0) is 0 Å². The van der Waals surface area contributed by atoms with E-state index in [2.05, 4.69) is 37.5 Å². The van der Waals surface area contributed by atoms with Crippen molar-refractivity contribution in [3.63, 3.8) is 0 Å². The van der Waals surface area contributed by atoms with Crippen molar-refractivity contribution in [1.82, 2.24) is 15.5 Å². The zero-order valence-electron chi connectivity index (χ0n) is 10.1. The van der Waals surface area contributed by atoms with Crippen LogP contribution >= 0.6 is 15.9 Å². The van der Waals surface area contributed by atoms with Gasteiger partial charge < -0.3 is 9.84 Å². The Morgan fingerprint density at radius 2 is 2.33 bits per heavy atom. The second-order valence-electron chi connectivity index (χ2n) is 4.56. The largest absolute Gasteiger partial charge is 0.337 e. The van der Waals surface area contributed by atoms with Crippen LogP contribution < -0.4 is 5.32 Å². The second kappa shape index (κ2) is 4.82. The van der Waals surface area contributed by atoms with Gasteiger partial charge in [0.25, 0.3) is 0 Å². The molecule has 2 aromatic rings. The van der Waals surface area contributed by atoms with Crippen molar-refractivity contribution in [3.8, 4) is 11.4 Å². The van der Waals surface area contributed by atoms with E-state index in [1.165, 1.54) is 6.42 Å². The van der Waals surface area contributed by atoms with E-state index in [0.717, 1.165) is 28.6 Å². The van der Waals surface area contributed by atoms with Crippen LogP contribution in [0.3, 0.4) is 0 Å². The lowest BCUT2D eigenvalue weighted by atomic mass is 10.1. The maximum atomic E-state index is 5.35. The van der Waals surface area contributed by atoms with E-state index in [-0.39, 0.29) is 6.04 Å². The van der Waals surface area contributed by atoms with Crippen LogP contribution in [0.15, 0.2) is 27.2 Å². The first kappa shape index (κ1) is 11.9. The molecule has 1 N–H and O–H groups in total. The summed E-state index contributed by atoms with van der Waals surface area (Å²) in [7, 11) is 0. The van der Waals surface area contributed by atoms with Crippen LogP contribution in [0.4, 0.5) is 0 Å². The molecule has 0 saturated carbocycles. The van der Waals surface area contributed by atoms with Gasteiger partial charge in [-0.15, -0.1) is 0 Å². The summed E-state index contributed by atoms with van der Waals surface area (Å²) < 4.78 is 6.41. The van der Waals surface area contributed by atoms with Gasteiger partial charge in [-0.1, -0.05) is 21.1 Å². The number of aromatic nitrogens is 2. The lowest BCUT2D eigenvalue weighted by Gasteiger charge is -2.02. The molecule has 0 amide bonds. The van der Waals surface area contributed by atoms with Crippen molar-refractivity contribution >= 4 is 15.9 Å². The van der Waals surface area contributed by atoms with Crippen molar-refractivity contribution in [2.75, 3.05) is 6.54 Å². The van der Waals surface area contributed by atoms with Crippen molar-refractivity contribution in [3.05, 3.63) is 34.1 Å². The Balaban J connectivity index is 1.92. The molecule has 0 radical (unpaired) electrons. The molecule has 1 fully saturated rings. The van der Waals surface area contributed by atoms with Crippen molar-refractivity contribution in [1.29, 1.82) is 0 Å². The van der Waals surface area contributed by atoms with Gasteiger partial charge in [0.15, 0.2) is 0 Å². The molecule has 1 aliphatic heterocycles. The third-order valence-electron chi connectivity index (χ3n) is 3.23. The van der Waals surface area contributed by atoms with Gasteiger partial charge in [0.1, 0.15) is 0 Å². The van der Waals surface area contributed by atoms with Gasteiger partial charge >= 0.3 is 0 Å². The van der Waals surface area contributed by atoms with Crippen molar-refractivity contribution in [2.45, 2.75) is 25.8 Å². The van der Waals surface area contributed by atoms with Gasteiger partial charge in [0.05, 0.1) is 6.04 Å². The molecule has 1 atom stereocenters. The SMILES string of the molecule is Cc1cc(Br)ccc1-c1noc([C@@H]2CCCN2)n1. The molecular formula is C13H14BrN3O. The van der Waals surface area contributed by atoms with Crippen LogP contribution in [0.1, 0.15) is 30.3 Å². The minimum atomic E-state index is 0.224. The number of aryl methyl sites for hydroxylation is 1. The topological polar surface area (TPSA) is 51.0 Å². The molecule has 5 heteroatoms. The molecule has 1 aromatic carbocycles. The van der Waals surface area contributed by atoms with Crippen molar-refractivity contribution < 1.29 is 4.52 Å². The number of nitrogens with one attached hydrogen (secondary N) is 1. The minimum Gasteiger partial charge on any atom is -0.337 e. The predicted molar refractivity (Wildman–Crippen MR) is 72.1 cm³/mol. The summed E-state index contributed by atoms with van der Waals surface area (Å²) in [4.78, 5) is 4.50. The van der Waals surface area contributed by atoms with Gasteiger partial charge in [-0.2, -0.15) is 4.98 Å². The fourth-order valence-electron chi connectivity index (χ4n) is 2.26. The smallest absolute Gasteiger partial charge is 0.244 e. The van der Waals surface area contributed by atoms with E-state index in [1.807, 2.05) is 19.1 Å². The third-order valence-corrected chi connectivity index (χ3v) is 3.72. The third kappa shape index (κ3) is 2.20. The normalized spacial score (nSPS) is 19.3. The highest BCUT2D eigenvalue weighted by molar-refractivity contribution is 9.10. The summed E-state index contributed by atoms with van der Waals surface area (Å²) in [6, 6.07) is 6.28. The minimum absolute atomic E-state index is 0.224. The first-order valence-electron chi connectivity index (χ1n) is 6.07. The summed E-state index contributed by atoms with van der Waals surface area (Å²) in [5.41, 5.74) is 2.15. The number of hydrogen-bond acceptors (Lipinski definition) is 4. The summed E-state index contributed by atoms with van der Waals surface area (Å²) in [5, 5.41) is 7.44. The molecule has 1 aromatic heterocycles. The maximum Gasteiger partial charge on any atom is 0.244 e. The fraction of sp³-hybridized carbons (Fsp3) is 0.385. The number of halogens is 1. The van der Waals surface area contributed by atoms with E-state index in [1.54, 1.807) is 0 Å². The van der Waals surface area contributed by atoms with Crippen LogP contribution in [0.25, 0.3) is 11.4 Å². The molecular weight excluding hydrogens is 294 g/mol. The summed E-state index contributed by atoms with van der Waals surface area (Å²) in [5.74, 6) is 1.37.